The summed E-state index contributed by atoms with van der Waals surface area (Å²) in [6.45, 7) is 0. The summed E-state index contributed by atoms with van der Waals surface area (Å²) in [6, 6.07) is 14.6. The zero-order chi connectivity index (χ0) is 13.1. The van der Waals surface area contributed by atoms with Crippen LogP contribution in [0.3, 0.4) is 0 Å². The van der Waals surface area contributed by atoms with Crippen LogP contribution in [0.15, 0.2) is 59.3 Å². The number of aromatic nitrogens is 2. The van der Waals surface area contributed by atoms with Gasteiger partial charge in [0.25, 0.3) is 0 Å². The van der Waals surface area contributed by atoms with Crippen LogP contribution in [0.1, 0.15) is 0 Å². The van der Waals surface area contributed by atoms with E-state index in [-0.39, 0.29) is 0 Å². The summed E-state index contributed by atoms with van der Waals surface area (Å²) in [6.07, 6.45) is 3.77. The van der Waals surface area contributed by atoms with Crippen molar-refractivity contribution in [2.75, 3.05) is 0 Å². The maximum Gasteiger partial charge on any atom is 0.136 e. The lowest BCUT2D eigenvalue weighted by Crippen LogP contribution is -1.78. The van der Waals surface area contributed by atoms with E-state index < -0.39 is 0 Å². The van der Waals surface area contributed by atoms with Gasteiger partial charge in [0.2, 0.25) is 0 Å². The molecular weight excluding hydrogens is 248 g/mol. The number of nitrogens with zero attached hydrogens (tertiary/aromatic N) is 1. The highest BCUT2D eigenvalue weighted by molar-refractivity contribution is 6.01. The van der Waals surface area contributed by atoms with E-state index in [4.69, 9.17) is 4.42 Å². The first-order chi connectivity index (χ1) is 9.87. The summed E-state index contributed by atoms with van der Waals surface area (Å²) < 4.78 is 6.04. The molecule has 20 heavy (non-hydrogen) atoms. The molecule has 5 aromatic rings. The lowest BCUT2D eigenvalue weighted by atomic mass is 10.1. The van der Waals surface area contributed by atoms with Gasteiger partial charge in [-0.05, 0) is 30.3 Å². The van der Waals surface area contributed by atoms with Crippen molar-refractivity contribution in [1.29, 1.82) is 0 Å². The van der Waals surface area contributed by atoms with Crippen molar-refractivity contribution in [2.24, 2.45) is 0 Å². The Balaban J connectivity index is 1.98. The molecule has 0 aliphatic heterocycles. The van der Waals surface area contributed by atoms with Crippen molar-refractivity contribution in [2.45, 2.75) is 0 Å². The molecule has 0 spiro atoms. The molecule has 94 valence electrons. The van der Waals surface area contributed by atoms with Gasteiger partial charge in [0.15, 0.2) is 0 Å². The highest BCUT2D eigenvalue weighted by Crippen LogP contribution is 2.29. The Kier molecular flexibility index (Phi) is 1.70. The molecule has 0 saturated heterocycles. The van der Waals surface area contributed by atoms with E-state index in [0.29, 0.717) is 0 Å². The van der Waals surface area contributed by atoms with E-state index in [0.717, 1.165) is 38.4 Å². The second kappa shape index (κ2) is 3.39. The number of nitrogens with one attached hydrogen (secondary N) is 1. The fraction of sp³-hybridized carbons (Fsp3) is 0. The highest BCUT2D eigenvalue weighted by atomic mass is 16.3. The minimum Gasteiger partial charge on any atom is -0.456 e. The lowest BCUT2D eigenvalue weighted by Gasteiger charge is -2.03. The quantitative estimate of drug-likeness (QED) is 0.412. The van der Waals surface area contributed by atoms with Gasteiger partial charge in [-0.25, -0.2) is 0 Å². The number of fused-ring (bicyclic) bond motifs is 4. The van der Waals surface area contributed by atoms with Crippen LogP contribution in [-0.4, -0.2) is 9.97 Å². The van der Waals surface area contributed by atoms with E-state index in [1.54, 1.807) is 0 Å². The third-order valence-corrected chi connectivity index (χ3v) is 3.84. The van der Waals surface area contributed by atoms with Crippen molar-refractivity contribution >= 4 is 43.7 Å². The standard InChI is InChI=1S/C17H10N2O/c1-3-18-14-8-16-12(5-10(1)14)7-13-6-11-2-4-19-15(11)9-17(13)20-16/h1-9,18H. The molecule has 0 saturated carbocycles. The summed E-state index contributed by atoms with van der Waals surface area (Å²) in [4.78, 5) is 7.54. The fourth-order valence-electron chi connectivity index (χ4n) is 2.83. The summed E-state index contributed by atoms with van der Waals surface area (Å²) >= 11 is 0. The molecular formula is C17H10N2O. The molecule has 0 amide bonds. The summed E-state index contributed by atoms with van der Waals surface area (Å²) in [7, 11) is 0. The summed E-state index contributed by atoms with van der Waals surface area (Å²) in [5, 5.41) is 4.56. The van der Waals surface area contributed by atoms with Gasteiger partial charge >= 0.3 is 0 Å². The van der Waals surface area contributed by atoms with Crippen LogP contribution in [-0.2, 0) is 0 Å². The SMILES string of the molecule is c1cc2cc3cc4cc5cc[nH]c5cc4oc3cc2n1. The Morgan fingerprint density at radius 2 is 1.60 bits per heavy atom. The van der Waals surface area contributed by atoms with Crippen LogP contribution in [0.5, 0.6) is 0 Å². The number of hydrogen-bond donors (Lipinski definition) is 1. The normalized spacial score (nSPS) is 12.0. The average molecular weight is 258 g/mol. The predicted octanol–water partition coefficient (Wildman–Crippen LogP) is 4.62. The van der Waals surface area contributed by atoms with Crippen LogP contribution in [0.2, 0.25) is 0 Å². The molecule has 3 heteroatoms. The van der Waals surface area contributed by atoms with Gasteiger partial charge in [0.1, 0.15) is 11.2 Å². The molecule has 1 N–H and O–H groups in total. The molecule has 0 aliphatic carbocycles. The van der Waals surface area contributed by atoms with Gasteiger partial charge in [0.05, 0.1) is 5.52 Å². The topological polar surface area (TPSA) is 41.8 Å². The Bertz CT molecular complexity index is 932. The molecule has 0 bridgehead atoms. The zero-order valence-corrected chi connectivity index (χ0v) is 10.6. The second-order valence-corrected chi connectivity index (χ2v) is 5.10. The monoisotopic (exact) mass is 258 g/mol. The maximum atomic E-state index is 6.04. The molecule has 0 unspecified atom stereocenters. The van der Waals surface area contributed by atoms with Gasteiger partial charge in [-0.2, -0.15) is 0 Å². The molecule has 0 atom stereocenters. The lowest BCUT2D eigenvalue weighted by molar-refractivity contribution is 0.662. The van der Waals surface area contributed by atoms with Crippen molar-refractivity contribution in [3.63, 3.8) is 0 Å². The van der Waals surface area contributed by atoms with Crippen LogP contribution < -0.4 is 0 Å². The van der Waals surface area contributed by atoms with Crippen molar-refractivity contribution in [1.82, 2.24) is 9.97 Å². The fourth-order valence-corrected chi connectivity index (χ4v) is 2.83. The van der Waals surface area contributed by atoms with Crippen LogP contribution in [0.25, 0.3) is 43.7 Å². The molecule has 0 aliphatic rings. The van der Waals surface area contributed by atoms with E-state index in [9.17, 15) is 0 Å². The van der Waals surface area contributed by atoms with E-state index in [2.05, 4.69) is 34.2 Å². The van der Waals surface area contributed by atoms with Crippen molar-refractivity contribution < 1.29 is 4.42 Å². The summed E-state index contributed by atoms with van der Waals surface area (Å²) in [5.74, 6) is 0. The molecule has 3 heterocycles. The first-order valence-electron chi connectivity index (χ1n) is 6.56. The Morgan fingerprint density at radius 3 is 2.55 bits per heavy atom. The van der Waals surface area contributed by atoms with Crippen LogP contribution in [0, 0.1) is 0 Å². The Hall–Kier alpha value is -2.81. The van der Waals surface area contributed by atoms with Gasteiger partial charge in [-0.3, -0.25) is 4.98 Å². The molecule has 2 aromatic carbocycles. The smallest absolute Gasteiger partial charge is 0.136 e. The molecule has 3 nitrogen and oxygen atoms in total. The van der Waals surface area contributed by atoms with E-state index >= 15 is 0 Å². The summed E-state index contributed by atoms with van der Waals surface area (Å²) in [5.41, 5.74) is 3.82. The Morgan fingerprint density at radius 1 is 0.800 bits per heavy atom. The van der Waals surface area contributed by atoms with E-state index in [1.807, 2.05) is 30.6 Å². The first kappa shape index (κ1) is 10.0. The number of hydrogen-bond acceptors (Lipinski definition) is 2. The molecule has 0 radical (unpaired) electrons. The maximum absolute atomic E-state index is 6.04. The zero-order valence-electron chi connectivity index (χ0n) is 10.6. The number of benzene rings is 2. The third-order valence-electron chi connectivity index (χ3n) is 3.84. The molecule has 0 fully saturated rings. The minimum atomic E-state index is 0.870. The van der Waals surface area contributed by atoms with Gasteiger partial charge in [-0.1, -0.05) is 0 Å². The van der Waals surface area contributed by atoms with Crippen LogP contribution in [0.4, 0.5) is 0 Å². The second-order valence-electron chi connectivity index (χ2n) is 5.10. The number of rotatable bonds is 0. The highest BCUT2D eigenvalue weighted by Gasteiger charge is 2.06. The minimum absolute atomic E-state index is 0.870. The molecule has 5 rings (SSSR count). The van der Waals surface area contributed by atoms with E-state index in [1.165, 1.54) is 5.39 Å². The predicted molar refractivity (Wildman–Crippen MR) is 80.9 cm³/mol. The Labute approximate surface area is 113 Å². The van der Waals surface area contributed by atoms with Crippen molar-refractivity contribution in [3.05, 3.63) is 54.9 Å². The third kappa shape index (κ3) is 1.26. The largest absolute Gasteiger partial charge is 0.456 e. The number of H-pyrrole nitrogens is 1. The van der Waals surface area contributed by atoms with Gasteiger partial charge in [0, 0.05) is 51.6 Å². The van der Waals surface area contributed by atoms with Crippen molar-refractivity contribution in [3.8, 4) is 0 Å². The average Bonchev–Trinajstić information content (AvgIpc) is 3.07. The first-order valence-corrected chi connectivity index (χ1v) is 6.56. The van der Waals surface area contributed by atoms with Gasteiger partial charge < -0.3 is 9.40 Å². The molecule has 3 aromatic heterocycles. The number of aromatic amines is 1. The van der Waals surface area contributed by atoms with Gasteiger partial charge in [-0.15, -0.1) is 0 Å². The van der Waals surface area contributed by atoms with Crippen LogP contribution >= 0.6 is 0 Å².